The number of hydrogen-bond donors (Lipinski definition) is 0. The Kier molecular flexibility index (Phi) is 5.51. The number of ether oxygens (including phenoxy) is 1. The first-order chi connectivity index (χ1) is 12.6. The fourth-order valence-electron chi connectivity index (χ4n) is 3.02. The first kappa shape index (κ1) is 17.9. The smallest absolute Gasteiger partial charge is 0.255 e. The molecule has 3 rings (SSSR count). The van der Waals surface area contributed by atoms with E-state index in [-0.39, 0.29) is 11.8 Å². The Labute approximate surface area is 153 Å². The van der Waals surface area contributed by atoms with Crippen LogP contribution in [0.25, 0.3) is 0 Å². The van der Waals surface area contributed by atoms with Crippen LogP contribution in [0.15, 0.2) is 42.7 Å². The van der Waals surface area contributed by atoms with Gasteiger partial charge in [0.05, 0.1) is 12.1 Å². The molecule has 0 aliphatic carbocycles. The van der Waals surface area contributed by atoms with E-state index in [9.17, 15) is 9.59 Å². The minimum atomic E-state index is -0.0572. The molecule has 26 heavy (non-hydrogen) atoms. The van der Waals surface area contributed by atoms with Gasteiger partial charge in [-0.3, -0.25) is 14.6 Å². The number of carbonyl (C=O) groups excluding carboxylic acids is 2. The fourth-order valence-corrected chi connectivity index (χ4v) is 3.02. The molecule has 0 spiro atoms. The highest BCUT2D eigenvalue weighted by atomic mass is 16.5. The third-order valence-electron chi connectivity index (χ3n) is 4.45. The van der Waals surface area contributed by atoms with Crippen molar-refractivity contribution in [1.82, 2.24) is 14.8 Å². The molecule has 0 bridgehead atoms. The van der Waals surface area contributed by atoms with E-state index in [1.165, 1.54) is 0 Å². The van der Waals surface area contributed by atoms with Gasteiger partial charge in [0, 0.05) is 44.5 Å². The Morgan fingerprint density at radius 3 is 2.88 bits per heavy atom. The molecule has 0 saturated heterocycles. The van der Waals surface area contributed by atoms with Crippen LogP contribution in [-0.4, -0.2) is 46.8 Å². The molecule has 0 radical (unpaired) electrons. The molecule has 2 amide bonds. The van der Waals surface area contributed by atoms with E-state index in [0.717, 1.165) is 16.9 Å². The average molecular weight is 353 g/mol. The van der Waals surface area contributed by atoms with E-state index < -0.39 is 0 Å². The van der Waals surface area contributed by atoms with E-state index in [1.54, 1.807) is 41.4 Å². The van der Waals surface area contributed by atoms with Gasteiger partial charge in [0.15, 0.2) is 0 Å². The molecular weight excluding hydrogens is 330 g/mol. The first-order valence-electron chi connectivity index (χ1n) is 8.76. The highest BCUT2D eigenvalue weighted by Crippen LogP contribution is 2.25. The molecule has 1 aliphatic heterocycles. The summed E-state index contributed by atoms with van der Waals surface area (Å²) in [6.07, 6.45) is 3.71. The normalized spacial score (nSPS) is 13.4. The number of carbonyl (C=O) groups is 2. The second kappa shape index (κ2) is 7.99. The van der Waals surface area contributed by atoms with Gasteiger partial charge in [0.1, 0.15) is 12.4 Å². The van der Waals surface area contributed by atoms with Gasteiger partial charge in [-0.2, -0.15) is 0 Å². The molecule has 1 aromatic carbocycles. The fraction of sp³-hybridized carbons (Fsp3) is 0.350. The molecule has 1 aliphatic rings. The quantitative estimate of drug-likeness (QED) is 0.847. The van der Waals surface area contributed by atoms with Crippen molar-refractivity contribution in [2.24, 2.45) is 0 Å². The minimum absolute atomic E-state index is 0.0572. The van der Waals surface area contributed by atoms with Crippen LogP contribution in [0, 0.1) is 0 Å². The lowest BCUT2D eigenvalue weighted by molar-refractivity contribution is -0.130. The summed E-state index contributed by atoms with van der Waals surface area (Å²) in [5.41, 5.74) is 2.54. The highest BCUT2D eigenvalue weighted by molar-refractivity contribution is 5.93. The van der Waals surface area contributed by atoms with E-state index in [1.807, 2.05) is 25.1 Å². The maximum absolute atomic E-state index is 12.7. The molecule has 0 fully saturated rings. The summed E-state index contributed by atoms with van der Waals surface area (Å²) >= 11 is 0. The number of nitrogens with zero attached hydrogens (tertiary/aromatic N) is 3. The van der Waals surface area contributed by atoms with Crippen LogP contribution in [0.1, 0.15) is 34.8 Å². The predicted molar refractivity (Wildman–Crippen MR) is 97.7 cm³/mol. The van der Waals surface area contributed by atoms with E-state index in [2.05, 4.69) is 4.98 Å². The number of benzene rings is 1. The topological polar surface area (TPSA) is 62.7 Å². The van der Waals surface area contributed by atoms with Crippen LogP contribution in [0.3, 0.4) is 0 Å². The van der Waals surface area contributed by atoms with Crippen molar-refractivity contribution in [3.05, 3.63) is 59.4 Å². The summed E-state index contributed by atoms with van der Waals surface area (Å²) in [6.45, 7) is 3.84. The largest absolute Gasteiger partial charge is 0.491 e. The second-order valence-corrected chi connectivity index (χ2v) is 6.36. The van der Waals surface area contributed by atoms with Gasteiger partial charge in [0.25, 0.3) is 5.91 Å². The Balaban J connectivity index is 1.79. The number of pyridine rings is 1. The summed E-state index contributed by atoms with van der Waals surface area (Å²) in [6, 6.07) is 9.44. The SMILES string of the molecule is CCC(=O)N(C)Cc1ccc2c(c1)CN(C(=O)c1cccnc1)CCO2. The summed E-state index contributed by atoms with van der Waals surface area (Å²) in [4.78, 5) is 32.0. The van der Waals surface area contributed by atoms with Crippen LogP contribution in [0.5, 0.6) is 5.75 Å². The molecule has 0 saturated carbocycles. The third kappa shape index (κ3) is 4.02. The molecule has 0 N–H and O–H groups in total. The Bertz CT molecular complexity index is 792. The van der Waals surface area contributed by atoms with Crippen molar-refractivity contribution in [2.45, 2.75) is 26.4 Å². The minimum Gasteiger partial charge on any atom is -0.491 e. The monoisotopic (exact) mass is 353 g/mol. The van der Waals surface area contributed by atoms with E-state index in [4.69, 9.17) is 4.74 Å². The van der Waals surface area contributed by atoms with Gasteiger partial charge in [-0.1, -0.05) is 13.0 Å². The van der Waals surface area contributed by atoms with Gasteiger partial charge in [-0.25, -0.2) is 0 Å². The average Bonchev–Trinajstić information content (AvgIpc) is 2.89. The lowest BCUT2D eigenvalue weighted by atomic mass is 10.1. The van der Waals surface area contributed by atoms with E-state index in [0.29, 0.717) is 38.2 Å². The predicted octanol–water partition coefficient (Wildman–Crippen LogP) is 2.48. The molecule has 0 unspecified atom stereocenters. The second-order valence-electron chi connectivity index (χ2n) is 6.36. The lowest BCUT2D eigenvalue weighted by Crippen LogP contribution is -2.32. The van der Waals surface area contributed by atoms with Crippen molar-refractivity contribution >= 4 is 11.8 Å². The number of hydrogen-bond acceptors (Lipinski definition) is 4. The number of aromatic nitrogens is 1. The van der Waals surface area contributed by atoms with Gasteiger partial charge < -0.3 is 14.5 Å². The third-order valence-corrected chi connectivity index (χ3v) is 4.45. The Hall–Kier alpha value is -2.89. The summed E-state index contributed by atoms with van der Waals surface area (Å²) < 4.78 is 5.80. The van der Waals surface area contributed by atoms with Crippen molar-refractivity contribution in [2.75, 3.05) is 20.2 Å². The van der Waals surface area contributed by atoms with Crippen LogP contribution < -0.4 is 4.74 Å². The Morgan fingerprint density at radius 2 is 2.15 bits per heavy atom. The molecule has 6 nitrogen and oxygen atoms in total. The zero-order chi connectivity index (χ0) is 18.5. The van der Waals surface area contributed by atoms with E-state index >= 15 is 0 Å². The number of fused-ring (bicyclic) bond motifs is 1. The molecule has 0 atom stereocenters. The Morgan fingerprint density at radius 1 is 1.31 bits per heavy atom. The van der Waals surface area contributed by atoms with Crippen LogP contribution >= 0.6 is 0 Å². The lowest BCUT2D eigenvalue weighted by Gasteiger charge is -2.20. The maximum atomic E-state index is 12.7. The van der Waals surface area contributed by atoms with Gasteiger partial charge >= 0.3 is 0 Å². The molecule has 6 heteroatoms. The van der Waals surface area contributed by atoms with Crippen molar-refractivity contribution in [3.63, 3.8) is 0 Å². The molecule has 136 valence electrons. The first-order valence-corrected chi connectivity index (χ1v) is 8.76. The van der Waals surface area contributed by atoms with Crippen molar-refractivity contribution < 1.29 is 14.3 Å². The molecule has 2 heterocycles. The molecule has 1 aromatic heterocycles. The zero-order valence-corrected chi connectivity index (χ0v) is 15.1. The van der Waals surface area contributed by atoms with Gasteiger partial charge in [-0.05, 0) is 29.8 Å². The zero-order valence-electron chi connectivity index (χ0n) is 15.1. The summed E-state index contributed by atoms with van der Waals surface area (Å²) in [7, 11) is 1.80. The van der Waals surface area contributed by atoms with Crippen molar-refractivity contribution in [3.8, 4) is 5.75 Å². The maximum Gasteiger partial charge on any atom is 0.255 e. The molecular formula is C20H23N3O3. The van der Waals surface area contributed by atoms with Crippen LogP contribution in [0.4, 0.5) is 0 Å². The van der Waals surface area contributed by atoms with Gasteiger partial charge in [-0.15, -0.1) is 0 Å². The number of rotatable bonds is 4. The summed E-state index contributed by atoms with van der Waals surface area (Å²) in [5.74, 6) is 0.836. The standard InChI is InChI=1S/C20H23N3O3/c1-3-19(24)22(2)13-15-6-7-18-17(11-15)14-23(9-10-26-18)20(25)16-5-4-8-21-12-16/h4-8,11-12H,3,9-10,13-14H2,1-2H3. The number of amides is 2. The highest BCUT2D eigenvalue weighted by Gasteiger charge is 2.21. The van der Waals surface area contributed by atoms with Crippen LogP contribution in [0.2, 0.25) is 0 Å². The van der Waals surface area contributed by atoms with Gasteiger partial charge in [0.2, 0.25) is 5.91 Å². The van der Waals surface area contributed by atoms with Crippen molar-refractivity contribution in [1.29, 1.82) is 0 Å². The summed E-state index contributed by atoms with van der Waals surface area (Å²) in [5, 5.41) is 0. The molecule has 2 aromatic rings. The van der Waals surface area contributed by atoms with Crippen LogP contribution in [-0.2, 0) is 17.9 Å².